The Bertz CT molecular complexity index is 465. The number of thiazole rings is 1. The second-order valence-corrected chi connectivity index (χ2v) is 4.99. The van der Waals surface area contributed by atoms with Crippen LogP contribution in [0, 0.1) is 0 Å². The van der Waals surface area contributed by atoms with Crippen LogP contribution in [-0.4, -0.2) is 9.97 Å². The lowest BCUT2D eigenvalue weighted by atomic mass is 10.1. The molecule has 0 fully saturated rings. The van der Waals surface area contributed by atoms with E-state index < -0.39 is 0 Å². The Balaban J connectivity index is 2.21. The van der Waals surface area contributed by atoms with Crippen molar-refractivity contribution < 1.29 is 0 Å². The van der Waals surface area contributed by atoms with E-state index in [1.165, 1.54) is 0 Å². The number of nitrogens with one attached hydrogen (secondary N) is 1. The quantitative estimate of drug-likeness (QED) is 0.856. The lowest BCUT2D eigenvalue weighted by molar-refractivity contribution is 0.604. The number of anilines is 2. The first kappa shape index (κ1) is 10.9. The van der Waals surface area contributed by atoms with Crippen LogP contribution in [0.25, 0.3) is 0 Å². The normalized spacial score (nSPS) is 11.4. The molecular formula is C11H14N4S. The Kier molecular flexibility index (Phi) is 2.78. The van der Waals surface area contributed by atoms with Gasteiger partial charge in [-0.25, -0.2) is 4.98 Å². The average Bonchev–Trinajstić information content (AvgIpc) is 2.69. The van der Waals surface area contributed by atoms with E-state index in [0.29, 0.717) is 5.69 Å². The molecule has 0 aliphatic rings. The summed E-state index contributed by atoms with van der Waals surface area (Å²) in [5.41, 5.74) is 7.02. The molecule has 3 N–H and O–H groups in total. The van der Waals surface area contributed by atoms with Gasteiger partial charge in [0.2, 0.25) is 0 Å². The van der Waals surface area contributed by atoms with Gasteiger partial charge < -0.3 is 11.1 Å². The third-order valence-electron chi connectivity index (χ3n) is 2.18. The van der Waals surface area contributed by atoms with Crippen LogP contribution in [0.3, 0.4) is 0 Å². The molecule has 84 valence electrons. The molecule has 0 aliphatic heterocycles. The molecule has 0 aromatic carbocycles. The standard InChI is InChI=1S/C11H14N4S/c1-11(2,10-14-3-4-16-10)15-9-5-8(12)6-13-7-9/h3-7,15H,12H2,1-2H3. The number of aromatic nitrogens is 2. The summed E-state index contributed by atoms with van der Waals surface area (Å²) < 4.78 is 0. The summed E-state index contributed by atoms with van der Waals surface area (Å²) in [5, 5.41) is 6.37. The zero-order chi connectivity index (χ0) is 11.6. The minimum absolute atomic E-state index is 0.219. The molecule has 0 amide bonds. The molecule has 0 unspecified atom stereocenters. The van der Waals surface area contributed by atoms with Crippen molar-refractivity contribution in [3.05, 3.63) is 35.0 Å². The van der Waals surface area contributed by atoms with Gasteiger partial charge in [-0.05, 0) is 19.9 Å². The van der Waals surface area contributed by atoms with Crippen LogP contribution in [-0.2, 0) is 5.54 Å². The Morgan fingerprint density at radius 1 is 1.38 bits per heavy atom. The lowest BCUT2D eigenvalue weighted by Gasteiger charge is -2.25. The van der Waals surface area contributed by atoms with Crippen molar-refractivity contribution in [2.24, 2.45) is 0 Å². The fourth-order valence-corrected chi connectivity index (χ4v) is 2.19. The maximum absolute atomic E-state index is 5.68. The minimum Gasteiger partial charge on any atom is -0.397 e. The van der Waals surface area contributed by atoms with Gasteiger partial charge in [0.25, 0.3) is 0 Å². The third-order valence-corrected chi connectivity index (χ3v) is 3.28. The zero-order valence-electron chi connectivity index (χ0n) is 9.27. The molecule has 0 aliphatic carbocycles. The largest absolute Gasteiger partial charge is 0.397 e. The molecule has 2 rings (SSSR count). The van der Waals surface area contributed by atoms with E-state index in [9.17, 15) is 0 Å². The third kappa shape index (κ3) is 2.30. The molecule has 5 heteroatoms. The van der Waals surface area contributed by atoms with E-state index in [1.807, 2.05) is 11.4 Å². The fourth-order valence-electron chi connectivity index (χ4n) is 1.47. The monoisotopic (exact) mass is 234 g/mol. The predicted octanol–water partition coefficient (Wildman–Crippen LogP) is 2.47. The Morgan fingerprint density at radius 2 is 2.19 bits per heavy atom. The molecule has 4 nitrogen and oxygen atoms in total. The van der Waals surface area contributed by atoms with Crippen molar-refractivity contribution in [3.63, 3.8) is 0 Å². The minimum atomic E-state index is -0.219. The molecule has 2 aromatic heterocycles. The molecule has 2 aromatic rings. The Hall–Kier alpha value is -1.62. The highest BCUT2D eigenvalue weighted by atomic mass is 32.1. The lowest BCUT2D eigenvalue weighted by Crippen LogP contribution is -2.27. The number of nitrogens with two attached hydrogens (primary N) is 1. The summed E-state index contributed by atoms with van der Waals surface area (Å²) in [4.78, 5) is 8.36. The van der Waals surface area contributed by atoms with E-state index in [0.717, 1.165) is 10.7 Å². The van der Waals surface area contributed by atoms with Crippen LogP contribution in [0.2, 0.25) is 0 Å². The van der Waals surface area contributed by atoms with Gasteiger partial charge in [0.05, 0.1) is 23.1 Å². The highest BCUT2D eigenvalue weighted by Gasteiger charge is 2.22. The molecular weight excluding hydrogens is 220 g/mol. The molecule has 0 saturated carbocycles. The van der Waals surface area contributed by atoms with Crippen LogP contribution >= 0.6 is 11.3 Å². The Labute approximate surface area is 98.6 Å². The first-order chi connectivity index (χ1) is 7.58. The van der Waals surface area contributed by atoms with Gasteiger partial charge in [0.1, 0.15) is 5.01 Å². The maximum Gasteiger partial charge on any atom is 0.117 e. The Morgan fingerprint density at radius 3 is 2.81 bits per heavy atom. The number of pyridine rings is 1. The van der Waals surface area contributed by atoms with Gasteiger partial charge in [0, 0.05) is 17.8 Å². The summed E-state index contributed by atoms with van der Waals surface area (Å²) in [6.45, 7) is 4.16. The molecule has 2 heterocycles. The molecule has 0 atom stereocenters. The first-order valence-corrected chi connectivity index (χ1v) is 5.84. The predicted molar refractivity (Wildman–Crippen MR) is 67.4 cm³/mol. The van der Waals surface area contributed by atoms with Gasteiger partial charge in [-0.15, -0.1) is 11.3 Å². The number of rotatable bonds is 3. The molecule has 0 spiro atoms. The first-order valence-electron chi connectivity index (χ1n) is 4.96. The van der Waals surface area contributed by atoms with Crippen LogP contribution in [0.15, 0.2) is 30.0 Å². The summed E-state index contributed by atoms with van der Waals surface area (Å²) in [6.07, 6.45) is 5.19. The van der Waals surface area contributed by atoms with Crippen molar-refractivity contribution in [3.8, 4) is 0 Å². The topological polar surface area (TPSA) is 63.8 Å². The SMILES string of the molecule is CC(C)(Nc1cncc(N)c1)c1nccs1. The maximum atomic E-state index is 5.68. The van der Waals surface area contributed by atoms with Crippen LogP contribution < -0.4 is 11.1 Å². The average molecular weight is 234 g/mol. The van der Waals surface area contributed by atoms with E-state index in [4.69, 9.17) is 5.73 Å². The van der Waals surface area contributed by atoms with Gasteiger partial charge in [0.15, 0.2) is 0 Å². The van der Waals surface area contributed by atoms with Gasteiger partial charge in [-0.2, -0.15) is 0 Å². The van der Waals surface area contributed by atoms with Crippen molar-refractivity contribution in [1.29, 1.82) is 0 Å². The molecule has 16 heavy (non-hydrogen) atoms. The van der Waals surface area contributed by atoms with Crippen LogP contribution in [0.1, 0.15) is 18.9 Å². The molecule has 0 saturated heterocycles. The second-order valence-electron chi connectivity index (χ2n) is 4.09. The second kappa shape index (κ2) is 4.09. The van der Waals surface area contributed by atoms with E-state index >= 15 is 0 Å². The number of nitrogens with zero attached hydrogens (tertiary/aromatic N) is 2. The van der Waals surface area contributed by atoms with Crippen molar-refractivity contribution in [2.75, 3.05) is 11.1 Å². The van der Waals surface area contributed by atoms with E-state index in [1.54, 1.807) is 29.9 Å². The highest BCUT2D eigenvalue weighted by molar-refractivity contribution is 7.09. The van der Waals surface area contributed by atoms with Gasteiger partial charge >= 0.3 is 0 Å². The van der Waals surface area contributed by atoms with Crippen molar-refractivity contribution >= 4 is 22.7 Å². The van der Waals surface area contributed by atoms with Crippen LogP contribution in [0.4, 0.5) is 11.4 Å². The molecule has 0 bridgehead atoms. The summed E-state index contributed by atoms with van der Waals surface area (Å²) in [7, 11) is 0. The molecule has 0 radical (unpaired) electrons. The highest BCUT2D eigenvalue weighted by Crippen LogP contribution is 2.27. The fraction of sp³-hybridized carbons (Fsp3) is 0.273. The summed E-state index contributed by atoms with van der Waals surface area (Å²) in [6, 6.07) is 1.86. The van der Waals surface area contributed by atoms with Crippen molar-refractivity contribution in [1.82, 2.24) is 9.97 Å². The summed E-state index contributed by atoms with van der Waals surface area (Å²) in [5.74, 6) is 0. The van der Waals surface area contributed by atoms with Crippen molar-refractivity contribution in [2.45, 2.75) is 19.4 Å². The van der Waals surface area contributed by atoms with Gasteiger partial charge in [-0.1, -0.05) is 0 Å². The zero-order valence-corrected chi connectivity index (χ0v) is 10.1. The number of hydrogen-bond donors (Lipinski definition) is 2. The van der Waals surface area contributed by atoms with E-state index in [2.05, 4.69) is 29.1 Å². The summed E-state index contributed by atoms with van der Waals surface area (Å²) >= 11 is 1.63. The number of hydrogen-bond acceptors (Lipinski definition) is 5. The number of nitrogen functional groups attached to an aromatic ring is 1. The van der Waals surface area contributed by atoms with Crippen LogP contribution in [0.5, 0.6) is 0 Å². The smallest absolute Gasteiger partial charge is 0.117 e. The van der Waals surface area contributed by atoms with E-state index in [-0.39, 0.29) is 5.54 Å². The van der Waals surface area contributed by atoms with Gasteiger partial charge in [-0.3, -0.25) is 4.98 Å².